The van der Waals surface area contributed by atoms with Gasteiger partial charge in [0.2, 0.25) is 0 Å². The number of nitrogens with one attached hydrogen (secondary N) is 1. The van der Waals surface area contributed by atoms with E-state index < -0.39 is 8.32 Å². The predicted octanol–water partition coefficient (Wildman–Crippen LogP) is 7.56. The molecule has 4 rings (SSSR count). The molecule has 1 aliphatic carbocycles. The Kier molecular flexibility index (Phi) is 8.88. The Bertz CT molecular complexity index is 1310. The van der Waals surface area contributed by atoms with Crippen molar-refractivity contribution in [1.82, 2.24) is 9.88 Å². The van der Waals surface area contributed by atoms with Crippen molar-refractivity contribution < 1.29 is 14.0 Å². The first-order chi connectivity index (χ1) is 18.0. The summed E-state index contributed by atoms with van der Waals surface area (Å²) >= 11 is 6.31. The number of ether oxygens (including phenoxy) is 1. The average molecular weight is 553 g/mol. The number of aromatic nitrogens is 1. The number of methoxy groups -OCH3 is 1. The third-order valence-electron chi connectivity index (χ3n) is 8.31. The zero-order valence-corrected chi connectivity index (χ0v) is 25.3. The molecule has 0 saturated carbocycles. The van der Waals surface area contributed by atoms with Gasteiger partial charge < -0.3 is 14.1 Å². The minimum absolute atomic E-state index is 0.190. The van der Waals surface area contributed by atoms with E-state index in [0.717, 1.165) is 55.1 Å². The summed E-state index contributed by atoms with van der Waals surface area (Å²) in [6.45, 7) is 14.1. The molecule has 204 valence electrons. The summed E-state index contributed by atoms with van der Waals surface area (Å²) in [5.74, 6) is -0.338. The highest BCUT2D eigenvalue weighted by atomic mass is 35.5. The van der Waals surface area contributed by atoms with E-state index in [1.807, 2.05) is 18.2 Å². The number of esters is 1. The maximum Gasteiger partial charge on any atom is 0.330 e. The molecule has 3 aromatic rings. The summed E-state index contributed by atoms with van der Waals surface area (Å²) in [6, 6.07) is 12.9. The van der Waals surface area contributed by atoms with Gasteiger partial charge in [-0.3, -0.25) is 4.90 Å². The lowest BCUT2D eigenvalue weighted by Crippen LogP contribution is -2.43. The summed E-state index contributed by atoms with van der Waals surface area (Å²) in [5, 5.41) is 2.15. The van der Waals surface area contributed by atoms with Crippen molar-refractivity contribution in [2.24, 2.45) is 0 Å². The van der Waals surface area contributed by atoms with Crippen LogP contribution in [-0.2, 0) is 26.8 Å². The third-order valence-corrected chi connectivity index (χ3v) is 13.1. The first kappa shape index (κ1) is 28.6. The van der Waals surface area contributed by atoms with Gasteiger partial charge in [-0.2, -0.15) is 0 Å². The number of benzene rings is 2. The van der Waals surface area contributed by atoms with E-state index in [1.54, 1.807) is 0 Å². The van der Waals surface area contributed by atoms with Gasteiger partial charge in [0.25, 0.3) is 0 Å². The molecule has 0 radical (unpaired) electrons. The van der Waals surface area contributed by atoms with Crippen LogP contribution in [0.5, 0.6) is 0 Å². The molecule has 0 saturated heterocycles. The molecule has 1 atom stereocenters. The summed E-state index contributed by atoms with van der Waals surface area (Å²) < 4.78 is 11.3. The highest BCUT2D eigenvalue weighted by molar-refractivity contribution is 6.74. The highest BCUT2D eigenvalue weighted by Crippen LogP contribution is 2.38. The smallest absolute Gasteiger partial charge is 0.330 e. The normalized spacial score (nSPS) is 16.1. The number of fused-ring (bicyclic) bond motifs is 2. The summed E-state index contributed by atoms with van der Waals surface area (Å²) in [5.41, 5.74) is 6.18. The molecule has 7 heteroatoms. The lowest BCUT2D eigenvalue weighted by Gasteiger charge is -2.37. The number of rotatable bonds is 10. The number of aromatic amines is 1. The molecule has 5 nitrogen and oxygen atoms in total. The molecule has 38 heavy (non-hydrogen) atoms. The first-order valence-corrected chi connectivity index (χ1v) is 16.8. The van der Waals surface area contributed by atoms with Gasteiger partial charge in [0, 0.05) is 53.9 Å². The van der Waals surface area contributed by atoms with Gasteiger partial charge in [0.1, 0.15) is 0 Å². The topological polar surface area (TPSA) is 54.6 Å². The average Bonchev–Trinajstić information content (AvgIpc) is 3.47. The van der Waals surface area contributed by atoms with Crippen LogP contribution in [0.15, 0.2) is 48.7 Å². The number of hydrogen-bond acceptors (Lipinski definition) is 4. The number of aryl methyl sites for hydroxylation is 1. The van der Waals surface area contributed by atoms with Crippen LogP contribution in [0.1, 0.15) is 55.5 Å². The molecule has 0 fully saturated rings. The molecular weight excluding hydrogens is 512 g/mol. The van der Waals surface area contributed by atoms with Crippen LogP contribution in [-0.4, -0.2) is 51.0 Å². The zero-order valence-electron chi connectivity index (χ0n) is 23.6. The van der Waals surface area contributed by atoms with E-state index in [4.69, 9.17) is 20.8 Å². The Balaban J connectivity index is 1.53. The lowest BCUT2D eigenvalue weighted by molar-refractivity contribution is -0.134. The Labute approximate surface area is 233 Å². The van der Waals surface area contributed by atoms with Crippen LogP contribution in [0.3, 0.4) is 0 Å². The van der Waals surface area contributed by atoms with Crippen molar-refractivity contribution in [3.8, 4) is 0 Å². The van der Waals surface area contributed by atoms with Crippen molar-refractivity contribution in [2.45, 2.75) is 64.2 Å². The van der Waals surface area contributed by atoms with Gasteiger partial charge in [-0.25, -0.2) is 4.79 Å². The fraction of sp³-hybridized carbons (Fsp3) is 0.452. The summed E-state index contributed by atoms with van der Waals surface area (Å²) in [7, 11) is -0.425. The maximum absolute atomic E-state index is 11.5. The fourth-order valence-corrected chi connectivity index (χ4v) is 6.22. The van der Waals surface area contributed by atoms with Crippen LogP contribution < -0.4 is 0 Å². The number of nitrogens with zero attached hydrogens (tertiary/aromatic N) is 1. The van der Waals surface area contributed by atoms with E-state index in [2.05, 4.69) is 74.2 Å². The SMILES string of the molecule is COC(=O)C=Cc1ccc2c(c1)CCC2N(CCO[Si](C)(C)C(C)(C)C)CCc1c[nH]c2ccc(Cl)cc12. The third kappa shape index (κ3) is 6.60. The van der Waals surface area contributed by atoms with Crippen LogP contribution in [0, 0.1) is 0 Å². The van der Waals surface area contributed by atoms with E-state index in [0.29, 0.717) is 6.04 Å². The summed E-state index contributed by atoms with van der Waals surface area (Å²) in [6.07, 6.45) is 8.47. The molecule has 1 heterocycles. The van der Waals surface area contributed by atoms with Crippen molar-refractivity contribution >= 4 is 42.9 Å². The number of halogens is 1. The minimum Gasteiger partial charge on any atom is -0.466 e. The molecular formula is C31H41ClN2O3Si. The molecule has 2 aromatic carbocycles. The molecule has 1 aromatic heterocycles. The molecule has 0 spiro atoms. The molecule has 0 amide bonds. The van der Waals surface area contributed by atoms with Gasteiger partial charge in [-0.1, -0.05) is 50.6 Å². The second kappa shape index (κ2) is 11.8. The lowest BCUT2D eigenvalue weighted by atomic mass is 10.0. The van der Waals surface area contributed by atoms with Crippen LogP contribution in [0.4, 0.5) is 0 Å². The molecule has 1 aliphatic rings. The van der Waals surface area contributed by atoms with Crippen LogP contribution in [0.25, 0.3) is 17.0 Å². The molecule has 0 aliphatic heterocycles. The number of carbonyl (C=O) groups excluding carboxylic acids is 1. The maximum atomic E-state index is 11.5. The van der Waals surface area contributed by atoms with E-state index >= 15 is 0 Å². The molecule has 1 N–H and O–H groups in total. The van der Waals surface area contributed by atoms with Crippen LogP contribution in [0.2, 0.25) is 23.2 Å². The Hall–Kier alpha value is -2.38. The zero-order chi connectivity index (χ0) is 27.5. The van der Waals surface area contributed by atoms with Gasteiger partial charge in [0.05, 0.1) is 7.11 Å². The van der Waals surface area contributed by atoms with Crippen molar-refractivity contribution in [3.05, 3.63) is 75.9 Å². The van der Waals surface area contributed by atoms with E-state index in [9.17, 15) is 4.79 Å². The van der Waals surface area contributed by atoms with Crippen molar-refractivity contribution in [2.75, 3.05) is 26.8 Å². The minimum atomic E-state index is -1.82. The predicted molar refractivity (Wildman–Crippen MR) is 160 cm³/mol. The standard InChI is InChI=1S/C31H41ClN2O3Si/c1-31(2,3)38(5,6)37-18-17-34(16-15-24-21-33-28-12-10-25(32)20-27(24)28)29-13-9-23-19-22(7-11-26(23)29)8-14-30(35)36-4/h7-8,10-12,14,19-21,29,33H,9,13,15-18H2,1-6H3. The summed E-state index contributed by atoms with van der Waals surface area (Å²) in [4.78, 5) is 17.5. The first-order valence-electron chi connectivity index (χ1n) is 13.5. The number of H-pyrrole nitrogens is 1. The Morgan fingerprint density at radius 2 is 1.97 bits per heavy atom. The Morgan fingerprint density at radius 1 is 1.18 bits per heavy atom. The van der Waals surface area contributed by atoms with E-state index in [-0.39, 0.29) is 11.0 Å². The molecule has 0 bridgehead atoms. The van der Waals surface area contributed by atoms with Crippen LogP contribution >= 0.6 is 11.6 Å². The second-order valence-electron chi connectivity index (χ2n) is 11.8. The quantitative estimate of drug-likeness (QED) is 0.160. The molecule has 1 unspecified atom stereocenters. The number of carbonyl (C=O) groups is 1. The monoisotopic (exact) mass is 552 g/mol. The van der Waals surface area contributed by atoms with Gasteiger partial charge >= 0.3 is 5.97 Å². The van der Waals surface area contributed by atoms with Gasteiger partial charge in [0.15, 0.2) is 8.32 Å². The number of hydrogen-bond donors (Lipinski definition) is 1. The van der Waals surface area contributed by atoms with Gasteiger partial charge in [-0.15, -0.1) is 0 Å². The van der Waals surface area contributed by atoms with Gasteiger partial charge in [-0.05, 0) is 83.9 Å². The van der Waals surface area contributed by atoms with Crippen molar-refractivity contribution in [1.29, 1.82) is 0 Å². The van der Waals surface area contributed by atoms with E-state index in [1.165, 1.54) is 35.3 Å². The second-order valence-corrected chi connectivity index (χ2v) is 17.0. The van der Waals surface area contributed by atoms with Crippen molar-refractivity contribution in [3.63, 3.8) is 0 Å². The fourth-order valence-electron chi connectivity index (χ4n) is 5.01. The Morgan fingerprint density at radius 3 is 2.71 bits per heavy atom. The highest BCUT2D eigenvalue weighted by Gasteiger charge is 2.37. The largest absolute Gasteiger partial charge is 0.466 e.